The minimum absolute atomic E-state index is 0.0899. The third kappa shape index (κ3) is 2.70. The van der Waals surface area contributed by atoms with Gasteiger partial charge in [-0.1, -0.05) is 0 Å². The number of benzene rings is 2. The highest BCUT2D eigenvalue weighted by Crippen LogP contribution is 2.53. The number of hydrogen-bond donors (Lipinski definition) is 1. The van der Waals surface area contributed by atoms with E-state index in [9.17, 15) is 40.5 Å². The molecular formula is C13H7N5O9. The predicted octanol–water partition coefficient (Wildman–Crippen LogP) is 3.48. The topological polar surface area (TPSA) is 194 Å². The van der Waals surface area contributed by atoms with Crippen LogP contribution in [0.3, 0.4) is 0 Å². The van der Waals surface area contributed by atoms with Gasteiger partial charge in [0.05, 0.1) is 43.5 Å². The minimum Gasteiger partial charge on any atom is -0.452 e. The Balaban J connectivity index is 2.31. The van der Waals surface area contributed by atoms with E-state index in [2.05, 4.69) is 5.32 Å². The van der Waals surface area contributed by atoms with E-state index in [1.165, 1.54) is 6.92 Å². The molecule has 0 saturated heterocycles. The molecule has 27 heavy (non-hydrogen) atoms. The van der Waals surface area contributed by atoms with E-state index >= 15 is 0 Å². The van der Waals surface area contributed by atoms with Crippen molar-refractivity contribution in [1.82, 2.24) is 0 Å². The summed E-state index contributed by atoms with van der Waals surface area (Å²) in [5, 5.41) is 47.1. The molecule has 1 heterocycles. The Morgan fingerprint density at radius 1 is 0.778 bits per heavy atom. The van der Waals surface area contributed by atoms with Crippen molar-refractivity contribution in [2.45, 2.75) is 6.92 Å². The van der Waals surface area contributed by atoms with Crippen molar-refractivity contribution in [2.24, 2.45) is 0 Å². The van der Waals surface area contributed by atoms with Gasteiger partial charge in [0.15, 0.2) is 22.9 Å². The molecule has 0 saturated carbocycles. The molecule has 14 heteroatoms. The van der Waals surface area contributed by atoms with Gasteiger partial charge in [-0.3, -0.25) is 40.5 Å². The van der Waals surface area contributed by atoms with E-state index in [0.29, 0.717) is 12.1 Å². The number of non-ortho nitro benzene ring substituents is 1. The number of nitro benzene ring substituents is 4. The number of anilines is 2. The highest BCUT2D eigenvalue weighted by atomic mass is 16.6. The fourth-order valence-corrected chi connectivity index (χ4v) is 2.59. The first-order valence-electron chi connectivity index (χ1n) is 7.00. The molecule has 2 aromatic rings. The lowest BCUT2D eigenvalue weighted by Crippen LogP contribution is -2.10. The molecule has 1 aliphatic rings. The molecule has 0 atom stereocenters. The van der Waals surface area contributed by atoms with Crippen LogP contribution in [0.15, 0.2) is 18.2 Å². The first kappa shape index (κ1) is 17.5. The first-order chi connectivity index (χ1) is 12.6. The van der Waals surface area contributed by atoms with Crippen LogP contribution in [0.2, 0.25) is 0 Å². The van der Waals surface area contributed by atoms with Crippen LogP contribution in [0.1, 0.15) is 5.56 Å². The molecular weight excluding hydrogens is 370 g/mol. The Hall–Kier alpha value is -4.36. The van der Waals surface area contributed by atoms with E-state index in [4.69, 9.17) is 4.74 Å². The molecule has 0 unspecified atom stereocenters. The predicted molar refractivity (Wildman–Crippen MR) is 87.6 cm³/mol. The van der Waals surface area contributed by atoms with Crippen LogP contribution < -0.4 is 10.1 Å². The molecule has 0 aromatic heterocycles. The van der Waals surface area contributed by atoms with Gasteiger partial charge in [-0.2, -0.15) is 0 Å². The lowest BCUT2D eigenvalue weighted by atomic mass is 10.1. The molecule has 1 aliphatic heterocycles. The molecule has 14 nitrogen and oxygen atoms in total. The van der Waals surface area contributed by atoms with E-state index in [1.54, 1.807) is 0 Å². The molecule has 138 valence electrons. The second-order valence-electron chi connectivity index (χ2n) is 5.34. The van der Waals surface area contributed by atoms with Crippen molar-refractivity contribution < 1.29 is 24.4 Å². The molecule has 3 rings (SSSR count). The molecule has 0 amide bonds. The summed E-state index contributed by atoms with van der Waals surface area (Å²) in [7, 11) is 0. The van der Waals surface area contributed by atoms with Crippen molar-refractivity contribution >= 4 is 34.1 Å². The van der Waals surface area contributed by atoms with Crippen LogP contribution in [-0.4, -0.2) is 19.7 Å². The van der Waals surface area contributed by atoms with Crippen molar-refractivity contribution in [2.75, 3.05) is 5.32 Å². The van der Waals surface area contributed by atoms with E-state index in [-0.39, 0.29) is 28.4 Å². The van der Waals surface area contributed by atoms with Crippen LogP contribution in [-0.2, 0) is 0 Å². The average Bonchev–Trinajstić information content (AvgIpc) is 2.58. The summed E-state index contributed by atoms with van der Waals surface area (Å²) in [6.45, 7) is 1.26. The maximum atomic E-state index is 11.3. The number of fused-ring (bicyclic) bond motifs is 2. The summed E-state index contributed by atoms with van der Waals surface area (Å²) in [5.41, 5.74) is -3.49. The van der Waals surface area contributed by atoms with Crippen molar-refractivity contribution in [1.29, 1.82) is 0 Å². The molecule has 0 aliphatic carbocycles. The Morgan fingerprint density at radius 3 is 1.85 bits per heavy atom. The normalized spacial score (nSPS) is 11.4. The number of nitrogens with one attached hydrogen (secondary N) is 1. The Bertz CT molecular complexity index is 1060. The Morgan fingerprint density at radius 2 is 1.33 bits per heavy atom. The second kappa shape index (κ2) is 5.87. The van der Waals surface area contributed by atoms with Crippen LogP contribution >= 0.6 is 0 Å². The van der Waals surface area contributed by atoms with Gasteiger partial charge in [0.2, 0.25) is 0 Å². The monoisotopic (exact) mass is 377 g/mol. The van der Waals surface area contributed by atoms with E-state index < -0.39 is 42.4 Å². The van der Waals surface area contributed by atoms with Crippen LogP contribution in [0, 0.1) is 47.4 Å². The van der Waals surface area contributed by atoms with Gasteiger partial charge in [-0.25, -0.2) is 0 Å². The summed E-state index contributed by atoms with van der Waals surface area (Å²) in [5.74, 6) is -0.681. The molecule has 0 spiro atoms. The van der Waals surface area contributed by atoms with Gasteiger partial charge in [0, 0.05) is 0 Å². The Kier molecular flexibility index (Phi) is 3.79. The minimum atomic E-state index is -0.919. The number of rotatable bonds is 4. The molecule has 2 aromatic carbocycles. The zero-order valence-electron chi connectivity index (χ0n) is 13.2. The van der Waals surface area contributed by atoms with Crippen molar-refractivity contribution in [3.8, 4) is 11.5 Å². The SMILES string of the molecule is Cc1c([N+](=O)[O-])cc([N+](=O)[O-])c2c1Oc1cc([N+](=O)[O-])cc([N+](=O)[O-])c1N2. The number of nitro groups is 4. The van der Waals surface area contributed by atoms with Gasteiger partial charge in [-0.05, 0) is 6.92 Å². The van der Waals surface area contributed by atoms with Crippen molar-refractivity contribution in [3.05, 3.63) is 64.2 Å². The average molecular weight is 377 g/mol. The second-order valence-corrected chi connectivity index (χ2v) is 5.34. The van der Waals surface area contributed by atoms with Gasteiger partial charge >= 0.3 is 11.4 Å². The highest BCUT2D eigenvalue weighted by molar-refractivity contribution is 5.90. The smallest absolute Gasteiger partial charge is 0.303 e. The molecule has 0 radical (unpaired) electrons. The number of nitrogens with zero attached hydrogens (tertiary/aromatic N) is 4. The first-order valence-corrected chi connectivity index (χ1v) is 7.00. The quantitative estimate of drug-likeness (QED) is 0.519. The van der Waals surface area contributed by atoms with Gasteiger partial charge in [0.1, 0.15) is 0 Å². The fourth-order valence-electron chi connectivity index (χ4n) is 2.59. The van der Waals surface area contributed by atoms with Crippen LogP contribution in [0.25, 0.3) is 0 Å². The summed E-state index contributed by atoms with van der Waals surface area (Å²) in [6, 6.07) is 2.25. The largest absolute Gasteiger partial charge is 0.452 e. The highest BCUT2D eigenvalue weighted by Gasteiger charge is 2.37. The third-order valence-corrected chi connectivity index (χ3v) is 3.81. The molecule has 0 fully saturated rings. The lowest BCUT2D eigenvalue weighted by Gasteiger charge is -2.22. The van der Waals surface area contributed by atoms with Gasteiger partial charge in [-0.15, -0.1) is 0 Å². The van der Waals surface area contributed by atoms with E-state index in [0.717, 1.165) is 6.07 Å². The van der Waals surface area contributed by atoms with Crippen LogP contribution in [0.4, 0.5) is 34.1 Å². The Labute approximate surface area is 147 Å². The van der Waals surface area contributed by atoms with Crippen LogP contribution in [0.5, 0.6) is 11.5 Å². The fraction of sp³-hybridized carbons (Fsp3) is 0.0769. The molecule has 1 N–H and O–H groups in total. The number of ether oxygens (including phenoxy) is 1. The standard InChI is InChI=1S/C13H7N5O9/c1-5-7(16(21)22)4-9(18(25)26)12-13(5)27-10-3-6(15(19)20)2-8(17(23)24)11(10)14-12/h2-4,14H,1H3. The molecule has 0 bridgehead atoms. The zero-order chi connectivity index (χ0) is 20.0. The van der Waals surface area contributed by atoms with E-state index in [1.807, 2.05) is 0 Å². The van der Waals surface area contributed by atoms with Gasteiger partial charge in [0.25, 0.3) is 11.4 Å². The third-order valence-electron chi connectivity index (χ3n) is 3.81. The van der Waals surface area contributed by atoms with Crippen molar-refractivity contribution in [3.63, 3.8) is 0 Å². The summed E-state index contributed by atoms with van der Waals surface area (Å²) >= 11 is 0. The zero-order valence-corrected chi connectivity index (χ0v) is 13.2. The lowest BCUT2D eigenvalue weighted by molar-refractivity contribution is -0.394. The number of hydrogen-bond acceptors (Lipinski definition) is 10. The maximum absolute atomic E-state index is 11.3. The van der Waals surface area contributed by atoms with Gasteiger partial charge < -0.3 is 10.1 Å². The maximum Gasteiger partial charge on any atom is 0.303 e. The summed E-state index contributed by atoms with van der Waals surface area (Å²) in [4.78, 5) is 41.1. The summed E-state index contributed by atoms with van der Waals surface area (Å²) in [6.07, 6.45) is 0. The summed E-state index contributed by atoms with van der Waals surface area (Å²) < 4.78 is 5.39.